The fourth-order valence-corrected chi connectivity index (χ4v) is 2.10. The normalized spacial score (nSPS) is 10.5. The van der Waals surface area contributed by atoms with Gasteiger partial charge in [-0.25, -0.2) is 9.18 Å². The molecular formula is C19H17FO5. The standard InChI is InChI=1S/C19H17FO5/c1-23-17-5-3-4-14(19(17)24-2)8-11-18(22)25-12-16(21)13-6-9-15(20)10-7-13/h3-11H,12H2,1-2H3/b11-8+. The summed E-state index contributed by atoms with van der Waals surface area (Å²) >= 11 is 0. The van der Waals surface area contributed by atoms with Gasteiger partial charge in [0.15, 0.2) is 23.9 Å². The molecule has 0 saturated heterocycles. The summed E-state index contributed by atoms with van der Waals surface area (Å²) in [5.41, 5.74) is 0.899. The van der Waals surface area contributed by atoms with Crippen molar-refractivity contribution in [3.63, 3.8) is 0 Å². The molecule has 2 aromatic carbocycles. The minimum Gasteiger partial charge on any atom is -0.493 e. The van der Waals surface area contributed by atoms with Gasteiger partial charge in [-0.1, -0.05) is 12.1 Å². The minimum atomic E-state index is -0.680. The minimum absolute atomic E-state index is 0.271. The summed E-state index contributed by atoms with van der Waals surface area (Å²) in [7, 11) is 3.01. The van der Waals surface area contributed by atoms with Crippen LogP contribution in [0, 0.1) is 5.82 Å². The molecule has 130 valence electrons. The summed E-state index contributed by atoms with van der Waals surface area (Å²) in [6.45, 7) is -0.427. The number of esters is 1. The Hall–Kier alpha value is -3.15. The second-order valence-electron chi connectivity index (χ2n) is 4.95. The van der Waals surface area contributed by atoms with E-state index in [2.05, 4.69) is 0 Å². The molecule has 0 aliphatic rings. The van der Waals surface area contributed by atoms with Crippen molar-refractivity contribution < 1.29 is 28.2 Å². The van der Waals surface area contributed by atoms with E-state index in [1.54, 1.807) is 18.2 Å². The molecule has 0 radical (unpaired) electrons. The molecule has 0 saturated carbocycles. The van der Waals surface area contributed by atoms with Gasteiger partial charge in [-0.15, -0.1) is 0 Å². The van der Waals surface area contributed by atoms with E-state index >= 15 is 0 Å². The molecule has 5 nitrogen and oxygen atoms in total. The lowest BCUT2D eigenvalue weighted by molar-refractivity contribution is -0.136. The highest BCUT2D eigenvalue weighted by Crippen LogP contribution is 2.31. The van der Waals surface area contributed by atoms with E-state index in [0.29, 0.717) is 17.1 Å². The van der Waals surface area contributed by atoms with Crippen LogP contribution in [0.1, 0.15) is 15.9 Å². The molecule has 0 N–H and O–H groups in total. The first-order chi connectivity index (χ1) is 12.0. The highest BCUT2D eigenvalue weighted by Gasteiger charge is 2.10. The molecule has 0 amide bonds. The van der Waals surface area contributed by atoms with Gasteiger partial charge in [-0.05, 0) is 36.4 Å². The molecule has 25 heavy (non-hydrogen) atoms. The van der Waals surface area contributed by atoms with Crippen molar-refractivity contribution in [3.8, 4) is 11.5 Å². The summed E-state index contributed by atoms with van der Waals surface area (Å²) in [5.74, 6) is -0.522. The van der Waals surface area contributed by atoms with Gasteiger partial charge in [0.1, 0.15) is 5.82 Å². The Morgan fingerprint density at radius 3 is 2.40 bits per heavy atom. The summed E-state index contributed by atoms with van der Waals surface area (Å²) in [5, 5.41) is 0. The van der Waals surface area contributed by atoms with Crippen LogP contribution in [0.3, 0.4) is 0 Å². The third-order valence-corrected chi connectivity index (χ3v) is 3.34. The van der Waals surface area contributed by atoms with E-state index in [1.807, 2.05) is 0 Å². The third-order valence-electron chi connectivity index (χ3n) is 3.34. The van der Waals surface area contributed by atoms with Crippen LogP contribution >= 0.6 is 0 Å². The maximum atomic E-state index is 12.8. The molecule has 0 aromatic heterocycles. The van der Waals surface area contributed by atoms with E-state index in [1.165, 1.54) is 50.6 Å². The molecule has 0 atom stereocenters. The quantitative estimate of drug-likeness (QED) is 0.438. The number of benzene rings is 2. The Labute approximate surface area is 144 Å². The van der Waals surface area contributed by atoms with Gasteiger partial charge >= 0.3 is 5.97 Å². The van der Waals surface area contributed by atoms with Crippen molar-refractivity contribution in [1.82, 2.24) is 0 Å². The first kappa shape index (κ1) is 18.2. The first-order valence-corrected chi connectivity index (χ1v) is 7.39. The Balaban J connectivity index is 1.97. The van der Waals surface area contributed by atoms with Gasteiger partial charge in [0, 0.05) is 17.2 Å². The number of hydrogen-bond donors (Lipinski definition) is 0. The summed E-state index contributed by atoms with van der Waals surface area (Å²) in [4.78, 5) is 23.6. The zero-order valence-corrected chi connectivity index (χ0v) is 13.8. The Morgan fingerprint density at radius 1 is 1.04 bits per heavy atom. The number of methoxy groups -OCH3 is 2. The highest BCUT2D eigenvalue weighted by atomic mass is 19.1. The number of carbonyl (C=O) groups excluding carboxylic acids is 2. The third kappa shape index (κ3) is 4.91. The molecule has 0 heterocycles. The smallest absolute Gasteiger partial charge is 0.331 e. The van der Waals surface area contributed by atoms with Crippen molar-refractivity contribution in [2.75, 3.05) is 20.8 Å². The van der Waals surface area contributed by atoms with Gasteiger partial charge in [0.2, 0.25) is 0 Å². The number of Topliss-reactive ketones (excluding diaryl/α,β-unsaturated/α-hetero) is 1. The van der Waals surface area contributed by atoms with Crippen molar-refractivity contribution in [3.05, 3.63) is 65.5 Å². The van der Waals surface area contributed by atoms with Gasteiger partial charge in [0.25, 0.3) is 0 Å². The maximum Gasteiger partial charge on any atom is 0.331 e. The largest absolute Gasteiger partial charge is 0.493 e. The average molecular weight is 344 g/mol. The molecule has 0 bridgehead atoms. The highest BCUT2D eigenvalue weighted by molar-refractivity contribution is 5.98. The predicted octanol–water partition coefficient (Wildman–Crippen LogP) is 3.28. The van der Waals surface area contributed by atoms with Gasteiger partial charge in [-0.2, -0.15) is 0 Å². The van der Waals surface area contributed by atoms with Crippen LogP contribution in [0.4, 0.5) is 4.39 Å². The van der Waals surface area contributed by atoms with E-state index in [-0.39, 0.29) is 5.56 Å². The molecule has 6 heteroatoms. The fraction of sp³-hybridized carbons (Fsp3) is 0.158. The number of hydrogen-bond acceptors (Lipinski definition) is 5. The first-order valence-electron chi connectivity index (χ1n) is 7.39. The van der Waals surface area contributed by atoms with Crippen LogP contribution in [0.2, 0.25) is 0 Å². The molecule has 0 aliphatic carbocycles. The summed E-state index contributed by atoms with van der Waals surface area (Å²) in [6.07, 6.45) is 2.70. The van der Waals surface area contributed by atoms with Crippen LogP contribution < -0.4 is 9.47 Å². The summed E-state index contributed by atoms with van der Waals surface area (Å²) in [6, 6.07) is 10.2. The van der Waals surface area contributed by atoms with Crippen molar-refractivity contribution in [1.29, 1.82) is 0 Å². The van der Waals surface area contributed by atoms with Crippen LogP contribution in [-0.4, -0.2) is 32.6 Å². The van der Waals surface area contributed by atoms with Crippen LogP contribution in [0.5, 0.6) is 11.5 Å². The van der Waals surface area contributed by atoms with Crippen LogP contribution in [-0.2, 0) is 9.53 Å². The number of ketones is 1. The lowest BCUT2D eigenvalue weighted by atomic mass is 10.1. The SMILES string of the molecule is COc1cccc(/C=C/C(=O)OCC(=O)c2ccc(F)cc2)c1OC. The number of para-hydroxylation sites is 1. The molecule has 2 aromatic rings. The zero-order valence-electron chi connectivity index (χ0n) is 13.8. The summed E-state index contributed by atoms with van der Waals surface area (Å²) < 4.78 is 28.1. The van der Waals surface area contributed by atoms with E-state index < -0.39 is 24.2 Å². The van der Waals surface area contributed by atoms with E-state index in [4.69, 9.17) is 14.2 Å². The number of carbonyl (C=O) groups is 2. The zero-order chi connectivity index (χ0) is 18.2. The number of rotatable bonds is 7. The molecule has 0 spiro atoms. The van der Waals surface area contributed by atoms with Gasteiger partial charge < -0.3 is 14.2 Å². The van der Waals surface area contributed by atoms with Crippen molar-refractivity contribution in [2.24, 2.45) is 0 Å². The lowest BCUT2D eigenvalue weighted by Gasteiger charge is -2.09. The van der Waals surface area contributed by atoms with Crippen molar-refractivity contribution in [2.45, 2.75) is 0 Å². The molecule has 0 fully saturated rings. The van der Waals surface area contributed by atoms with E-state index in [9.17, 15) is 14.0 Å². The van der Waals surface area contributed by atoms with Gasteiger partial charge in [-0.3, -0.25) is 4.79 Å². The Morgan fingerprint density at radius 2 is 1.76 bits per heavy atom. The van der Waals surface area contributed by atoms with Crippen molar-refractivity contribution >= 4 is 17.8 Å². The van der Waals surface area contributed by atoms with Gasteiger partial charge in [0.05, 0.1) is 14.2 Å². The number of halogens is 1. The molecule has 0 aliphatic heterocycles. The molecule has 2 rings (SSSR count). The second kappa shape index (κ2) is 8.63. The Bertz CT molecular complexity index is 781. The Kier molecular flexibility index (Phi) is 6.28. The van der Waals surface area contributed by atoms with Crippen LogP contribution in [0.25, 0.3) is 6.08 Å². The van der Waals surface area contributed by atoms with E-state index in [0.717, 1.165) is 0 Å². The topological polar surface area (TPSA) is 61.8 Å². The predicted molar refractivity (Wildman–Crippen MR) is 90.3 cm³/mol. The lowest BCUT2D eigenvalue weighted by Crippen LogP contribution is -2.12. The average Bonchev–Trinajstić information content (AvgIpc) is 2.64. The van der Waals surface area contributed by atoms with Crippen LogP contribution in [0.15, 0.2) is 48.5 Å². The monoisotopic (exact) mass is 344 g/mol. The maximum absolute atomic E-state index is 12.8. The second-order valence-corrected chi connectivity index (χ2v) is 4.95. The molecule has 0 unspecified atom stereocenters. The molecular weight excluding hydrogens is 327 g/mol. The fourth-order valence-electron chi connectivity index (χ4n) is 2.10. The number of ether oxygens (including phenoxy) is 3.